The summed E-state index contributed by atoms with van der Waals surface area (Å²) in [5.74, 6) is 1.01. The second-order valence-corrected chi connectivity index (χ2v) is 12.0. The number of nitrogens with one attached hydrogen (secondary N) is 3. The molecule has 1 heterocycles. The summed E-state index contributed by atoms with van der Waals surface area (Å²) in [5, 5.41) is 10.5. The number of fused-ring (bicyclic) bond motifs is 4. The normalized spacial score (nSPS) is 15.0. The van der Waals surface area contributed by atoms with E-state index in [2.05, 4.69) is 38.7 Å². The van der Waals surface area contributed by atoms with Gasteiger partial charge in [0.05, 0.1) is 33.1 Å². The zero-order valence-electron chi connectivity index (χ0n) is 27.9. The van der Waals surface area contributed by atoms with Gasteiger partial charge in [0.15, 0.2) is 11.5 Å². The average Bonchev–Trinajstić information content (AvgIpc) is 3.34. The summed E-state index contributed by atoms with van der Waals surface area (Å²) in [6, 6.07) is 16.2. The van der Waals surface area contributed by atoms with Gasteiger partial charge in [0.2, 0.25) is 23.0 Å². The number of carbonyl (C=O) groups excluding carboxylic acids is 2. The number of rotatable bonds is 12. The largest absolute Gasteiger partial charge is 0.493 e. The Bertz CT molecular complexity index is 1830. The lowest BCUT2D eigenvalue weighted by atomic mass is 9.95. The first-order valence-electron chi connectivity index (χ1n) is 16.1. The van der Waals surface area contributed by atoms with E-state index >= 15 is 0 Å². The van der Waals surface area contributed by atoms with Gasteiger partial charge in [0.25, 0.3) is 0 Å². The minimum Gasteiger partial charge on any atom is -0.493 e. The lowest BCUT2D eigenvalue weighted by Gasteiger charge is -2.24. The molecule has 5 rings (SSSR count). The van der Waals surface area contributed by atoms with Gasteiger partial charge in [-0.2, -0.15) is 0 Å². The average molecular weight is 641 g/mol. The Hall–Kier alpha value is -4.99. The van der Waals surface area contributed by atoms with E-state index in [9.17, 15) is 14.4 Å². The van der Waals surface area contributed by atoms with Gasteiger partial charge >= 0.3 is 0 Å². The molecule has 2 amide bonds. The van der Waals surface area contributed by atoms with E-state index in [0.717, 1.165) is 34.0 Å². The fourth-order valence-corrected chi connectivity index (χ4v) is 6.44. The first-order valence-corrected chi connectivity index (χ1v) is 16.1. The number of aryl methyl sites for hydroxylation is 1. The lowest BCUT2D eigenvalue weighted by Crippen LogP contribution is -2.45. The van der Waals surface area contributed by atoms with Gasteiger partial charge in [-0.05, 0) is 71.2 Å². The summed E-state index contributed by atoms with van der Waals surface area (Å²) in [5.41, 5.74) is 4.20. The number of methoxy groups -OCH3 is 3. The van der Waals surface area contributed by atoms with Crippen LogP contribution in [-0.4, -0.2) is 50.3 Å². The van der Waals surface area contributed by atoms with E-state index in [1.807, 2.05) is 44.3 Å². The van der Waals surface area contributed by atoms with Gasteiger partial charge in [0, 0.05) is 37.3 Å². The molecule has 0 saturated carbocycles. The molecule has 0 bridgehead atoms. The summed E-state index contributed by atoms with van der Waals surface area (Å²) < 4.78 is 19.3. The summed E-state index contributed by atoms with van der Waals surface area (Å²) in [4.78, 5) is 39.8. The molecule has 3 N–H and O–H groups in total. The highest BCUT2D eigenvalue weighted by atomic mass is 16.5. The Labute approximate surface area is 275 Å². The lowest BCUT2D eigenvalue weighted by molar-refractivity contribution is -0.123. The number of anilines is 1. The predicted molar refractivity (Wildman–Crippen MR) is 184 cm³/mol. The number of ether oxygens (including phenoxy) is 3. The number of aromatic nitrogens is 1. The minimum absolute atomic E-state index is 0.0604. The molecular formula is C37H44N4O6. The van der Waals surface area contributed by atoms with E-state index in [-0.39, 0.29) is 28.8 Å². The number of amides is 2. The van der Waals surface area contributed by atoms with Crippen LogP contribution in [0.2, 0.25) is 0 Å². The fraction of sp³-hybridized carbons (Fsp3) is 0.378. The zero-order chi connectivity index (χ0) is 33.7. The highest BCUT2D eigenvalue weighted by molar-refractivity contribution is 5.86. The Balaban J connectivity index is 1.50. The van der Waals surface area contributed by atoms with Crippen LogP contribution in [0, 0.1) is 5.92 Å². The van der Waals surface area contributed by atoms with Crippen molar-refractivity contribution in [1.82, 2.24) is 15.2 Å². The molecule has 3 unspecified atom stereocenters. The Morgan fingerprint density at radius 2 is 1.77 bits per heavy atom. The van der Waals surface area contributed by atoms with Crippen LogP contribution in [0.1, 0.15) is 50.8 Å². The Morgan fingerprint density at radius 1 is 1.00 bits per heavy atom. The smallest absolute Gasteiger partial charge is 0.242 e. The predicted octanol–water partition coefficient (Wildman–Crippen LogP) is 5.46. The van der Waals surface area contributed by atoms with Crippen LogP contribution in [0.25, 0.3) is 22.0 Å². The van der Waals surface area contributed by atoms with Gasteiger partial charge in [-0.3, -0.25) is 14.4 Å². The molecule has 3 aromatic carbocycles. The van der Waals surface area contributed by atoms with Gasteiger partial charge < -0.3 is 34.7 Å². The van der Waals surface area contributed by atoms with Crippen molar-refractivity contribution in [1.29, 1.82) is 0 Å². The van der Waals surface area contributed by atoms with Crippen molar-refractivity contribution >= 4 is 28.4 Å². The number of hydrogen-bond acceptors (Lipinski definition) is 7. The van der Waals surface area contributed by atoms with E-state index in [0.29, 0.717) is 48.7 Å². The van der Waals surface area contributed by atoms with Crippen molar-refractivity contribution in [2.24, 2.45) is 5.92 Å². The van der Waals surface area contributed by atoms with Crippen molar-refractivity contribution in [3.8, 4) is 28.4 Å². The molecule has 1 aliphatic carbocycles. The molecular weight excluding hydrogens is 596 g/mol. The van der Waals surface area contributed by atoms with E-state index in [1.54, 1.807) is 33.5 Å². The second kappa shape index (κ2) is 14.6. The summed E-state index contributed by atoms with van der Waals surface area (Å²) in [6.45, 7) is 6.53. The van der Waals surface area contributed by atoms with Crippen LogP contribution in [0.5, 0.6) is 17.2 Å². The third kappa shape index (κ3) is 6.91. The molecule has 0 spiro atoms. The molecule has 248 valence electrons. The molecule has 0 radical (unpaired) electrons. The van der Waals surface area contributed by atoms with Crippen LogP contribution < -0.4 is 35.6 Å². The van der Waals surface area contributed by atoms with Crippen molar-refractivity contribution in [2.45, 2.75) is 58.7 Å². The Morgan fingerprint density at radius 3 is 2.47 bits per heavy atom. The standard InChI is InChI=1S/C37H44N4O6/c1-7-22(2)34(37(44)38-17-19-41-18-16-24-10-8-9-11-30(24)41)40-29-15-13-26-27(21-31(29)43)28(39-23(3)42)14-12-25-20-32(45-4)35(46-5)36(47-6)33(25)26/h8-11,13,15-16,18,20-22,28,34H,7,12,14,17,19H2,1-6H3,(H,38,44)(H,39,42)(H,40,43). The maximum absolute atomic E-state index is 13.9. The van der Waals surface area contributed by atoms with Crippen LogP contribution in [0.15, 0.2) is 65.6 Å². The van der Waals surface area contributed by atoms with Crippen molar-refractivity contribution < 1.29 is 23.8 Å². The number of benzene rings is 2. The quantitative estimate of drug-likeness (QED) is 0.188. The third-order valence-corrected chi connectivity index (χ3v) is 9.05. The van der Waals surface area contributed by atoms with Gasteiger partial charge in [-0.1, -0.05) is 44.5 Å². The maximum atomic E-state index is 13.9. The summed E-state index contributed by atoms with van der Waals surface area (Å²) in [6.07, 6.45) is 3.91. The second-order valence-electron chi connectivity index (χ2n) is 12.0. The minimum atomic E-state index is -0.645. The van der Waals surface area contributed by atoms with Gasteiger partial charge in [-0.25, -0.2) is 0 Å². The molecule has 0 fully saturated rings. The fourth-order valence-electron chi connectivity index (χ4n) is 6.44. The van der Waals surface area contributed by atoms with E-state index < -0.39 is 12.1 Å². The molecule has 1 aliphatic rings. The summed E-state index contributed by atoms with van der Waals surface area (Å²) in [7, 11) is 4.69. The topological polar surface area (TPSA) is 120 Å². The van der Waals surface area contributed by atoms with Crippen LogP contribution >= 0.6 is 0 Å². The number of para-hydroxylation sites is 1. The molecule has 10 heteroatoms. The maximum Gasteiger partial charge on any atom is 0.242 e. The molecule has 1 aromatic heterocycles. The molecule has 3 atom stereocenters. The van der Waals surface area contributed by atoms with Crippen LogP contribution in [0.4, 0.5) is 5.69 Å². The molecule has 10 nitrogen and oxygen atoms in total. The summed E-state index contributed by atoms with van der Waals surface area (Å²) >= 11 is 0. The first-order chi connectivity index (χ1) is 22.7. The van der Waals surface area contributed by atoms with Crippen LogP contribution in [0.3, 0.4) is 0 Å². The molecule has 0 saturated heterocycles. The van der Waals surface area contributed by atoms with Gasteiger partial charge in [-0.15, -0.1) is 0 Å². The first kappa shape index (κ1) is 33.4. The van der Waals surface area contributed by atoms with Gasteiger partial charge in [0.1, 0.15) is 6.04 Å². The molecule has 0 aliphatic heterocycles. The van der Waals surface area contributed by atoms with Crippen molar-refractivity contribution in [2.75, 3.05) is 33.2 Å². The zero-order valence-corrected chi connectivity index (χ0v) is 27.9. The Kier molecular flexibility index (Phi) is 10.4. The number of carbonyl (C=O) groups is 2. The number of hydrogen-bond donors (Lipinski definition) is 3. The number of nitrogens with zero attached hydrogens (tertiary/aromatic N) is 1. The third-order valence-electron chi connectivity index (χ3n) is 9.05. The highest BCUT2D eigenvalue weighted by Crippen LogP contribution is 2.50. The molecule has 47 heavy (non-hydrogen) atoms. The monoisotopic (exact) mass is 640 g/mol. The van der Waals surface area contributed by atoms with Crippen LogP contribution in [-0.2, 0) is 22.6 Å². The highest BCUT2D eigenvalue weighted by Gasteiger charge is 2.30. The SMILES string of the molecule is CCC(C)C(Nc1ccc2c(cc1=O)C(NC(C)=O)CCc1cc(OC)c(OC)c(OC)c1-2)C(=O)NCCn1ccc2ccccc21. The molecule has 4 aromatic rings. The van der Waals surface area contributed by atoms with Crippen molar-refractivity contribution in [3.63, 3.8) is 0 Å². The van der Waals surface area contributed by atoms with E-state index in [4.69, 9.17) is 14.2 Å². The van der Waals surface area contributed by atoms with Crippen molar-refractivity contribution in [3.05, 3.63) is 82.1 Å². The van der Waals surface area contributed by atoms with E-state index in [1.165, 1.54) is 6.92 Å².